The highest BCUT2D eigenvalue weighted by atomic mass is 19.3. The molecule has 0 aliphatic carbocycles. The molecule has 100 valence electrons. The highest BCUT2D eigenvalue weighted by molar-refractivity contribution is 5.75. The molecular weight excluding hydrogens is 246 g/mol. The van der Waals surface area contributed by atoms with Crippen LogP contribution in [0.15, 0.2) is 6.07 Å². The SMILES string of the molecule is CCOC(=O)Cc1c(N)cc(OC)nc1C(F)F. The van der Waals surface area contributed by atoms with Crippen LogP contribution in [-0.4, -0.2) is 24.7 Å². The van der Waals surface area contributed by atoms with Gasteiger partial charge in [0.2, 0.25) is 5.88 Å². The lowest BCUT2D eigenvalue weighted by molar-refractivity contribution is -0.142. The number of methoxy groups -OCH3 is 1. The van der Waals surface area contributed by atoms with Crippen molar-refractivity contribution in [2.24, 2.45) is 0 Å². The lowest BCUT2D eigenvalue weighted by Crippen LogP contribution is -2.13. The summed E-state index contributed by atoms with van der Waals surface area (Å²) in [5.41, 5.74) is 5.07. The van der Waals surface area contributed by atoms with E-state index in [1.54, 1.807) is 6.92 Å². The van der Waals surface area contributed by atoms with E-state index >= 15 is 0 Å². The van der Waals surface area contributed by atoms with Gasteiger partial charge in [-0.25, -0.2) is 13.8 Å². The van der Waals surface area contributed by atoms with Crippen molar-refractivity contribution in [2.75, 3.05) is 19.5 Å². The number of anilines is 1. The Kier molecular flexibility index (Phi) is 4.82. The van der Waals surface area contributed by atoms with E-state index in [1.165, 1.54) is 13.2 Å². The van der Waals surface area contributed by atoms with Gasteiger partial charge in [0.15, 0.2) is 0 Å². The van der Waals surface area contributed by atoms with Gasteiger partial charge in [-0.2, -0.15) is 0 Å². The molecule has 18 heavy (non-hydrogen) atoms. The molecule has 1 aromatic heterocycles. The van der Waals surface area contributed by atoms with Gasteiger partial charge < -0.3 is 15.2 Å². The standard InChI is InChI=1S/C11H14F2N2O3/c1-3-18-9(16)4-6-7(14)5-8(17-2)15-10(6)11(12)13/h5,11H,3-4H2,1-2H3,(H2,14,15). The molecule has 0 aliphatic heterocycles. The number of halogens is 2. The number of nitrogens with two attached hydrogens (primary N) is 1. The maximum Gasteiger partial charge on any atom is 0.310 e. The summed E-state index contributed by atoms with van der Waals surface area (Å²) < 4.78 is 35.1. The van der Waals surface area contributed by atoms with Crippen molar-refractivity contribution in [3.8, 4) is 5.88 Å². The van der Waals surface area contributed by atoms with E-state index in [9.17, 15) is 13.6 Å². The van der Waals surface area contributed by atoms with Crippen LogP contribution in [0.4, 0.5) is 14.5 Å². The number of carbonyl (C=O) groups is 1. The van der Waals surface area contributed by atoms with Crippen molar-refractivity contribution < 1.29 is 23.0 Å². The van der Waals surface area contributed by atoms with Gasteiger partial charge in [-0.05, 0) is 6.92 Å². The molecule has 0 saturated carbocycles. The van der Waals surface area contributed by atoms with E-state index in [-0.39, 0.29) is 30.2 Å². The van der Waals surface area contributed by atoms with Gasteiger partial charge in [-0.1, -0.05) is 0 Å². The lowest BCUT2D eigenvalue weighted by atomic mass is 10.1. The normalized spacial score (nSPS) is 10.5. The molecule has 0 radical (unpaired) electrons. The van der Waals surface area contributed by atoms with Crippen LogP contribution in [0.3, 0.4) is 0 Å². The maximum atomic E-state index is 12.8. The molecule has 5 nitrogen and oxygen atoms in total. The third-order valence-electron chi connectivity index (χ3n) is 2.21. The number of ether oxygens (including phenoxy) is 2. The predicted octanol–water partition coefficient (Wildman–Crippen LogP) is 1.72. The minimum absolute atomic E-state index is 0.0181. The Balaban J connectivity index is 3.12. The van der Waals surface area contributed by atoms with Crippen LogP contribution in [0, 0.1) is 0 Å². The third kappa shape index (κ3) is 3.28. The van der Waals surface area contributed by atoms with E-state index < -0.39 is 18.1 Å². The molecule has 0 amide bonds. The average Bonchev–Trinajstić information content (AvgIpc) is 2.31. The summed E-state index contributed by atoms with van der Waals surface area (Å²) in [6.07, 6.45) is -3.18. The van der Waals surface area contributed by atoms with Crippen LogP contribution in [0.1, 0.15) is 24.6 Å². The van der Waals surface area contributed by atoms with Crippen molar-refractivity contribution in [1.82, 2.24) is 4.98 Å². The number of hydrogen-bond acceptors (Lipinski definition) is 5. The highest BCUT2D eigenvalue weighted by Gasteiger charge is 2.21. The molecule has 1 heterocycles. The molecule has 0 aliphatic rings. The second-order valence-corrected chi connectivity index (χ2v) is 3.40. The monoisotopic (exact) mass is 260 g/mol. The van der Waals surface area contributed by atoms with E-state index in [4.69, 9.17) is 15.2 Å². The Bertz CT molecular complexity index is 439. The summed E-state index contributed by atoms with van der Waals surface area (Å²) in [7, 11) is 1.29. The van der Waals surface area contributed by atoms with Gasteiger partial charge in [0.05, 0.1) is 20.1 Å². The number of nitrogens with zero attached hydrogens (tertiary/aromatic N) is 1. The number of hydrogen-bond donors (Lipinski definition) is 1. The summed E-state index contributed by atoms with van der Waals surface area (Å²) in [5.74, 6) is -0.645. The molecular formula is C11H14F2N2O3. The van der Waals surface area contributed by atoms with Crippen LogP contribution in [-0.2, 0) is 16.0 Å². The fourth-order valence-corrected chi connectivity index (χ4v) is 1.42. The van der Waals surface area contributed by atoms with Gasteiger partial charge in [0.1, 0.15) is 5.69 Å². The van der Waals surface area contributed by atoms with Gasteiger partial charge in [-0.3, -0.25) is 4.79 Å². The summed E-state index contributed by atoms with van der Waals surface area (Å²) in [4.78, 5) is 14.9. The summed E-state index contributed by atoms with van der Waals surface area (Å²) in [6, 6.07) is 1.29. The molecule has 1 rings (SSSR count). The van der Waals surface area contributed by atoms with Crippen LogP contribution >= 0.6 is 0 Å². The molecule has 0 spiro atoms. The van der Waals surface area contributed by atoms with Gasteiger partial charge in [0.25, 0.3) is 6.43 Å². The number of alkyl halides is 2. The Morgan fingerprint density at radius 2 is 2.22 bits per heavy atom. The zero-order chi connectivity index (χ0) is 13.7. The van der Waals surface area contributed by atoms with Crippen molar-refractivity contribution in [2.45, 2.75) is 19.8 Å². The number of aromatic nitrogens is 1. The number of carbonyl (C=O) groups excluding carboxylic acids is 1. The predicted molar refractivity (Wildman–Crippen MR) is 60.5 cm³/mol. The molecule has 7 heteroatoms. The molecule has 0 fully saturated rings. The molecule has 1 aromatic rings. The first kappa shape index (κ1) is 14.1. The van der Waals surface area contributed by atoms with Crippen molar-refractivity contribution in [3.63, 3.8) is 0 Å². The van der Waals surface area contributed by atoms with Crippen molar-refractivity contribution in [1.29, 1.82) is 0 Å². The second-order valence-electron chi connectivity index (χ2n) is 3.40. The molecule has 0 saturated heterocycles. The fourth-order valence-electron chi connectivity index (χ4n) is 1.42. The molecule has 2 N–H and O–H groups in total. The smallest absolute Gasteiger partial charge is 0.310 e. The molecule has 0 unspecified atom stereocenters. The Hall–Kier alpha value is -1.92. The topological polar surface area (TPSA) is 74.4 Å². The lowest BCUT2D eigenvalue weighted by Gasteiger charge is -2.12. The van der Waals surface area contributed by atoms with Crippen LogP contribution in [0.25, 0.3) is 0 Å². The zero-order valence-electron chi connectivity index (χ0n) is 10.1. The second kappa shape index (κ2) is 6.13. The van der Waals surface area contributed by atoms with Gasteiger partial charge in [-0.15, -0.1) is 0 Å². The Morgan fingerprint density at radius 3 is 2.72 bits per heavy atom. The van der Waals surface area contributed by atoms with Crippen LogP contribution < -0.4 is 10.5 Å². The number of pyridine rings is 1. The highest BCUT2D eigenvalue weighted by Crippen LogP contribution is 2.29. The Morgan fingerprint density at radius 1 is 1.56 bits per heavy atom. The van der Waals surface area contributed by atoms with E-state index in [1.807, 2.05) is 0 Å². The number of rotatable bonds is 5. The quantitative estimate of drug-likeness (QED) is 0.816. The van der Waals surface area contributed by atoms with Crippen molar-refractivity contribution in [3.05, 3.63) is 17.3 Å². The van der Waals surface area contributed by atoms with Crippen LogP contribution in [0.5, 0.6) is 5.88 Å². The first-order valence-electron chi connectivity index (χ1n) is 5.26. The first-order chi connectivity index (χ1) is 8.49. The zero-order valence-corrected chi connectivity index (χ0v) is 10.1. The van der Waals surface area contributed by atoms with Crippen molar-refractivity contribution >= 4 is 11.7 Å². The van der Waals surface area contributed by atoms with Gasteiger partial charge >= 0.3 is 5.97 Å². The average molecular weight is 260 g/mol. The molecule has 0 aromatic carbocycles. The summed E-state index contributed by atoms with van der Waals surface area (Å²) >= 11 is 0. The molecule has 0 bridgehead atoms. The minimum Gasteiger partial charge on any atom is -0.481 e. The molecule has 0 atom stereocenters. The Labute approximate surface area is 103 Å². The van der Waals surface area contributed by atoms with Crippen LogP contribution in [0.2, 0.25) is 0 Å². The number of esters is 1. The summed E-state index contributed by atoms with van der Waals surface area (Å²) in [6.45, 7) is 1.80. The van der Waals surface area contributed by atoms with E-state index in [2.05, 4.69) is 4.98 Å². The fraction of sp³-hybridized carbons (Fsp3) is 0.455. The largest absolute Gasteiger partial charge is 0.481 e. The third-order valence-corrected chi connectivity index (χ3v) is 2.21. The van der Waals surface area contributed by atoms with E-state index in [0.717, 1.165) is 0 Å². The van der Waals surface area contributed by atoms with E-state index in [0.29, 0.717) is 0 Å². The number of nitrogen functional groups attached to an aromatic ring is 1. The summed E-state index contributed by atoms with van der Waals surface area (Å²) in [5, 5.41) is 0. The van der Waals surface area contributed by atoms with Gasteiger partial charge in [0, 0.05) is 17.3 Å². The minimum atomic E-state index is -2.84. The first-order valence-corrected chi connectivity index (χ1v) is 5.26. The maximum absolute atomic E-state index is 12.8.